The number of rotatable bonds is 8. The molecular formula is C21H27NO4. The van der Waals surface area contributed by atoms with Gasteiger partial charge in [0.15, 0.2) is 0 Å². The second-order valence-corrected chi connectivity index (χ2v) is 7.01. The zero-order valence-corrected chi connectivity index (χ0v) is 15.2. The Kier molecular flexibility index (Phi) is 6.14. The summed E-state index contributed by atoms with van der Waals surface area (Å²) >= 11 is 0. The Labute approximate surface area is 154 Å². The second kappa shape index (κ2) is 8.54. The zero-order valence-electron chi connectivity index (χ0n) is 15.2. The van der Waals surface area contributed by atoms with Gasteiger partial charge in [0.2, 0.25) is 0 Å². The van der Waals surface area contributed by atoms with Gasteiger partial charge in [0.1, 0.15) is 30.3 Å². The monoisotopic (exact) mass is 357 g/mol. The molecule has 0 spiro atoms. The molecular weight excluding hydrogens is 330 g/mol. The summed E-state index contributed by atoms with van der Waals surface area (Å²) in [5.74, 6) is 1.55. The van der Waals surface area contributed by atoms with Crippen LogP contribution in [0, 0.1) is 6.92 Å². The van der Waals surface area contributed by atoms with Gasteiger partial charge in [0, 0.05) is 19.6 Å². The molecule has 5 heteroatoms. The molecule has 0 bridgehead atoms. The molecule has 5 nitrogen and oxygen atoms in total. The van der Waals surface area contributed by atoms with Crippen molar-refractivity contribution >= 4 is 0 Å². The van der Waals surface area contributed by atoms with E-state index in [-0.39, 0.29) is 6.61 Å². The number of nitrogens with zero attached hydrogens (tertiary/aromatic N) is 1. The molecule has 0 radical (unpaired) electrons. The number of hydrogen-bond acceptors (Lipinski definition) is 5. The lowest BCUT2D eigenvalue weighted by molar-refractivity contribution is 0.00336. The zero-order chi connectivity index (χ0) is 18.4. The van der Waals surface area contributed by atoms with Gasteiger partial charge in [-0.2, -0.15) is 0 Å². The Morgan fingerprint density at radius 3 is 2.62 bits per heavy atom. The lowest BCUT2D eigenvalue weighted by Gasteiger charge is -2.24. The molecule has 1 heterocycles. The predicted octanol–water partition coefficient (Wildman–Crippen LogP) is 2.38. The summed E-state index contributed by atoms with van der Waals surface area (Å²) in [6.07, 6.45) is 0.694. The van der Waals surface area contributed by atoms with Crippen molar-refractivity contribution in [3.63, 3.8) is 0 Å². The van der Waals surface area contributed by atoms with Crippen LogP contribution in [0.5, 0.6) is 11.5 Å². The van der Waals surface area contributed by atoms with E-state index in [4.69, 9.17) is 14.6 Å². The molecule has 1 unspecified atom stereocenters. The van der Waals surface area contributed by atoms with Gasteiger partial charge < -0.3 is 19.7 Å². The fourth-order valence-electron chi connectivity index (χ4n) is 3.27. The molecule has 1 aliphatic heterocycles. The first-order chi connectivity index (χ1) is 12.6. The van der Waals surface area contributed by atoms with E-state index in [1.54, 1.807) is 0 Å². The number of ether oxygens (including phenoxy) is 2. The fourth-order valence-corrected chi connectivity index (χ4v) is 3.27. The molecule has 3 rings (SSSR count). The van der Waals surface area contributed by atoms with Crippen molar-refractivity contribution in [2.75, 3.05) is 32.9 Å². The normalized spacial score (nSPS) is 20.3. The van der Waals surface area contributed by atoms with Crippen LogP contribution >= 0.6 is 0 Å². The quantitative estimate of drug-likeness (QED) is 0.760. The largest absolute Gasteiger partial charge is 0.491 e. The predicted molar refractivity (Wildman–Crippen MR) is 101 cm³/mol. The Hall–Kier alpha value is -2.08. The third-order valence-corrected chi connectivity index (χ3v) is 4.57. The highest BCUT2D eigenvalue weighted by molar-refractivity contribution is 5.29. The fraction of sp³-hybridized carbons (Fsp3) is 0.429. The molecule has 0 amide bonds. The van der Waals surface area contributed by atoms with Gasteiger partial charge in [-0.05, 0) is 48.7 Å². The number of aliphatic hydroxyl groups is 2. The number of aryl methyl sites for hydroxylation is 1. The average Bonchev–Trinajstić information content (AvgIpc) is 3.00. The van der Waals surface area contributed by atoms with Gasteiger partial charge in [-0.3, -0.25) is 4.90 Å². The minimum atomic E-state index is -0.825. The highest BCUT2D eigenvalue weighted by Gasteiger charge is 2.36. The van der Waals surface area contributed by atoms with Crippen LogP contribution in [0.4, 0.5) is 0 Å². The van der Waals surface area contributed by atoms with Crippen molar-refractivity contribution in [1.82, 2.24) is 4.90 Å². The Balaban J connectivity index is 1.52. The molecule has 0 aromatic heterocycles. The summed E-state index contributed by atoms with van der Waals surface area (Å²) in [7, 11) is 0. The van der Waals surface area contributed by atoms with Crippen molar-refractivity contribution in [3.05, 3.63) is 59.7 Å². The van der Waals surface area contributed by atoms with Gasteiger partial charge in [0.25, 0.3) is 0 Å². The van der Waals surface area contributed by atoms with Crippen LogP contribution in [0.3, 0.4) is 0 Å². The maximum atomic E-state index is 10.8. The summed E-state index contributed by atoms with van der Waals surface area (Å²) in [6.45, 7) is 4.79. The molecule has 2 aromatic rings. The minimum Gasteiger partial charge on any atom is -0.491 e. The molecule has 0 aliphatic carbocycles. The van der Waals surface area contributed by atoms with Gasteiger partial charge in [0.05, 0.1) is 6.61 Å². The summed E-state index contributed by atoms with van der Waals surface area (Å²) in [6, 6.07) is 15.7. The Morgan fingerprint density at radius 2 is 1.85 bits per heavy atom. The summed E-state index contributed by atoms with van der Waals surface area (Å²) < 4.78 is 11.3. The van der Waals surface area contributed by atoms with E-state index in [1.807, 2.05) is 55.5 Å². The van der Waals surface area contributed by atoms with Gasteiger partial charge in [-0.25, -0.2) is 0 Å². The van der Waals surface area contributed by atoms with E-state index in [9.17, 15) is 5.11 Å². The first kappa shape index (κ1) is 18.7. The maximum absolute atomic E-state index is 10.8. The van der Waals surface area contributed by atoms with E-state index in [1.165, 1.54) is 0 Å². The van der Waals surface area contributed by atoms with Crippen LogP contribution in [0.2, 0.25) is 0 Å². The number of benzene rings is 2. The van der Waals surface area contributed by atoms with Crippen molar-refractivity contribution < 1.29 is 19.7 Å². The van der Waals surface area contributed by atoms with Crippen LogP contribution in [0.25, 0.3) is 0 Å². The number of likely N-dealkylation sites (tertiary alicyclic amines) is 1. The molecule has 1 saturated heterocycles. The molecule has 2 aromatic carbocycles. The lowest BCUT2D eigenvalue weighted by atomic mass is 10.1. The number of aliphatic hydroxyl groups excluding tert-OH is 1. The highest BCUT2D eigenvalue weighted by atomic mass is 16.5. The third-order valence-electron chi connectivity index (χ3n) is 4.57. The highest BCUT2D eigenvalue weighted by Crippen LogP contribution is 2.25. The van der Waals surface area contributed by atoms with Crippen LogP contribution in [-0.2, 0) is 6.54 Å². The molecule has 140 valence electrons. The van der Waals surface area contributed by atoms with Crippen LogP contribution in [-0.4, -0.2) is 53.6 Å². The number of hydrogen-bond donors (Lipinski definition) is 2. The SMILES string of the molecule is Cc1cccc(OCC2(O)CCN(Cc3cccc(OCCO)c3)C2)c1. The number of β-amino-alcohol motifs (C(OH)–C–C–N with tert-alkyl or cyclic N) is 1. The molecule has 0 saturated carbocycles. The minimum absolute atomic E-state index is 0.00429. The molecule has 26 heavy (non-hydrogen) atoms. The summed E-state index contributed by atoms with van der Waals surface area (Å²) in [5, 5.41) is 19.7. The maximum Gasteiger partial charge on any atom is 0.119 e. The van der Waals surface area contributed by atoms with Gasteiger partial charge in [-0.15, -0.1) is 0 Å². The van der Waals surface area contributed by atoms with Crippen molar-refractivity contribution in [2.45, 2.75) is 25.5 Å². The van der Waals surface area contributed by atoms with Crippen LogP contribution in [0.15, 0.2) is 48.5 Å². The second-order valence-electron chi connectivity index (χ2n) is 7.01. The van der Waals surface area contributed by atoms with Crippen molar-refractivity contribution in [1.29, 1.82) is 0 Å². The molecule has 1 atom stereocenters. The summed E-state index contributed by atoms with van der Waals surface area (Å²) in [4.78, 5) is 2.23. The van der Waals surface area contributed by atoms with E-state index in [0.29, 0.717) is 26.2 Å². The standard InChI is InChI=1S/C21H27NO4/c1-17-4-2-6-19(12-17)26-16-21(24)8-9-22(15-21)14-18-5-3-7-20(13-18)25-11-10-23/h2-7,12-13,23-24H,8-11,14-16H2,1H3. The summed E-state index contributed by atoms with van der Waals surface area (Å²) in [5.41, 5.74) is 1.45. The van der Waals surface area contributed by atoms with E-state index in [0.717, 1.165) is 35.7 Å². The smallest absolute Gasteiger partial charge is 0.119 e. The molecule has 2 N–H and O–H groups in total. The van der Waals surface area contributed by atoms with Crippen LogP contribution < -0.4 is 9.47 Å². The Bertz CT molecular complexity index is 721. The van der Waals surface area contributed by atoms with Crippen molar-refractivity contribution in [2.24, 2.45) is 0 Å². The third kappa shape index (κ3) is 5.21. The van der Waals surface area contributed by atoms with E-state index >= 15 is 0 Å². The topological polar surface area (TPSA) is 62.2 Å². The molecule has 1 fully saturated rings. The van der Waals surface area contributed by atoms with Gasteiger partial charge >= 0.3 is 0 Å². The first-order valence-electron chi connectivity index (χ1n) is 9.03. The first-order valence-corrected chi connectivity index (χ1v) is 9.03. The Morgan fingerprint density at radius 1 is 1.08 bits per heavy atom. The van der Waals surface area contributed by atoms with E-state index < -0.39 is 5.60 Å². The van der Waals surface area contributed by atoms with Crippen molar-refractivity contribution in [3.8, 4) is 11.5 Å². The average molecular weight is 357 g/mol. The lowest BCUT2D eigenvalue weighted by Crippen LogP contribution is -2.39. The molecule has 1 aliphatic rings. The van der Waals surface area contributed by atoms with Gasteiger partial charge in [-0.1, -0.05) is 24.3 Å². The van der Waals surface area contributed by atoms with Crippen LogP contribution in [0.1, 0.15) is 17.5 Å². The van der Waals surface area contributed by atoms with E-state index in [2.05, 4.69) is 4.90 Å².